The molecule has 0 spiro atoms. The fourth-order valence-corrected chi connectivity index (χ4v) is 4.38. The van der Waals surface area contributed by atoms with E-state index in [2.05, 4.69) is 36.6 Å². The van der Waals surface area contributed by atoms with Gasteiger partial charge in [0.1, 0.15) is 0 Å². The molecule has 1 aromatic rings. The molecule has 1 saturated heterocycles. The minimum absolute atomic E-state index is 0.0297. The first-order chi connectivity index (χ1) is 10.5. The molecule has 4 heteroatoms. The number of carbonyl (C=O) groups is 1. The summed E-state index contributed by atoms with van der Waals surface area (Å²) < 4.78 is 5.79. The number of urea groups is 1. The predicted molar refractivity (Wildman–Crippen MR) is 84.4 cm³/mol. The van der Waals surface area contributed by atoms with Gasteiger partial charge in [0.05, 0.1) is 11.6 Å². The van der Waals surface area contributed by atoms with Crippen molar-refractivity contribution in [3.8, 4) is 0 Å². The van der Waals surface area contributed by atoms with Gasteiger partial charge in [0.15, 0.2) is 0 Å². The molecular weight excluding hydrogens is 276 g/mol. The molecule has 1 heterocycles. The van der Waals surface area contributed by atoms with Gasteiger partial charge in [0, 0.05) is 24.0 Å². The van der Waals surface area contributed by atoms with Gasteiger partial charge in [0.2, 0.25) is 0 Å². The van der Waals surface area contributed by atoms with Crippen LogP contribution in [0.25, 0.3) is 0 Å². The predicted octanol–water partition coefficient (Wildman–Crippen LogP) is 2.79. The van der Waals surface area contributed by atoms with Crippen LogP contribution in [0.4, 0.5) is 4.79 Å². The minimum Gasteiger partial charge on any atom is -0.377 e. The molecule has 0 unspecified atom stereocenters. The standard InChI is InChI=1S/C18H24N2O2/c1-17(2)14(13-8-11-22-15(13)17)19-16(21)20-18(9-10-18)12-6-4-3-5-7-12/h3-7,13-15H,8-11H2,1-2H3,(H2,19,20,21)/t13-,14-,15-/m1/s1. The zero-order valence-electron chi connectivity index (χ0n) is 13.3. The molecule has 1 aromatic carbocycles. The molecule has 118 valence electrons. The Labute approximate surface area is 131 Å². The lowest BCUT2D eigenvalue weighted by atomic mass is 9.57. The van der Waals surface area contributed by atoms with Gasteiger partial charge in [-0.15, -0.1) is 0 Å². The van der Waals surface area contributed by atoms with E-state index in [4.69, 9.17) is 4.74 Å². The molecule has 0 aromatic heterocycles. The van der Waals surface area contributed by atoms with Crippen molar-refractivity contribution < 1.29 is 9.53 Å². The summed E-state index contributed by atoms with van der Waals surface area (Å²) >= 11 is 0. The van der Waals surface area contributed by atoms with Crippen molar-refractivity contribution in [3.63, 3.8) is 0 Å². The number of fused-ring (bicyclic) bond motifs is 1. The molecule has 3 fully saturated rings. The first-order valence-corrected chi connectivity index (χ1v) is 8.29. The third-order valence-electron chi connectivity index (χ3n) is 5.82. The van der Waals surface area contributed by atoms with Crippen LogP contribution in [0.3, 0.4) is 0 Å². The highest BCUT2D eigenvalue weighted by molar-refractivity contribution is 5.76. The number of ether oxygens (including phenoxy) is 1. The number of carbonyl (C=O) groups excluding carboxylic acids is 1. The van der Waals surface area contributed by atoms with Crippen molar-refractivity contribution >= 4 is 6.03 Å². The van der Waals surface area contributed by atoms with E-state index in [0.717, 1.165) is 25.9 Å². The number of amides is 2. The average molecular weight is 300 g/mol. The van der Waals surface area contributed by atoms with Gasteiger partial charge in [-0.3, -0.25) is 0 Å². The summed E-state index contributed by atoms with van der Waals surface area (Å²) in [4.78, 5) is 12.5. The Morgan fingerprint density at radius 1 is 1.23 bits per heavy atom. The van der Waals surface area contributed by atoms with Crippen LogP contribution < -0.4 is 10.6 Å². The smallest absolute Gasteiger partial charge is 0.315 e. The Hall–Kier alpha value is -1.55. The number of hydrogen-bond donors (Lipinski definition) is 2. The topological polar surface area (TPSA) is 50.4 Å². The van der Waals surface area contributed by atoms with Gasteiger partial charge in [-0.05, 0) is 24.8 Å². The first-order valence-electron chi connectivity index (χ1n) is 8.29. The quantitative estimate of drug-likeness (QED) is 0.902. The molecule has 3 atom stereocenters. The molecule has 2 N–H and O–H groups in total. The summed E-state index contributed by atoms with van der Waals surface area (Å²) in [7, 11) is 0. The summed E-state index contributed by atoms with van der Waals surface area (Å²) in [6.07, 6.45) is 3.41. The molecule has 3 aliphatic rings. The molecule has 2 saturated carbocycles. The number of rotatable bonds is 3. The molecule has 2 amide bonds. The number of benzene rings is 1. The second-order valence-corrected chi connectivity index (χ2v) is 7.59. The minimum atomic E-state index is -0.148. The summed E-state index contributed by atoms with van der Waals surface area (Å²) in [5.41, 5.74) is 1.09. The SMILES string of the molecule is CC1(C)[C@H](NC(=O)NC2(c3ccccc3)CC2)[C@H]2CCO[C@H]21. The molecule has 0 radical (unpaired) electrons. The van der Waals surface area contributed by atoms with Gasteiger partial charge in [-0.2, -0.15) is 0 Å². The maximum absolute atomic E-state index is 12.5. The van der Waals surface area contributed by atoms with Crippen molar-refractivity contribution in [1.82, 2.24) is 10.6 Å². The molecule has 4 rings (SSSR count). The monoisotopic (exact) mass is 300 g/mol. The van der Waals surface area contributed by atoms with Crippen LogP contribution in [0.15, 0.2) is 30.3 Å². The molecular formula is C18H24N2O2. The van der Waals surface area contributed by atoms with Crippen molar-refractivity contribution in [3.05, 3.63) is 35.9 Å². The Bertz CT molecular complexity index is 580. The highest BCUT2D eigenvalue weighted by Crippen LogP contribution is 2.52. The van der Waals surface area contributed by atoms with Crippen LogP contribution in [0.2, 0.25) is 0 Å². The average Bonchev–Trinajstić information content (AvgIpc) is 3.14. The second-order valence-electron chi connectivity index (χ2n) is 7.59. The Kier molecular flexibility index (Phi) is 3.02. The summed E-state index contributed by atoms with van der Waals surface area (Å²) in [6.45, 7) is 5.20. The van der Waals surface area contributed by atoms with Gasteiger partial charge >= 0.3 is 6.03 Å². The van der Waals surface area contributed by atoms with Crippen LogP contribution in [0.1, 0.15) is 38.7 Å². The third kappa shape index (κ3) is 2.04. The Balaban J connectivity index is 1.42. The van der Waals surface area contributed by atoms with Crippen molar-refractivity contribution in [2.45, 2.75) is 50.8 Å². The van der Waals surface area contributed by atoms with Crippen LogP contribution >= 0.6 is 0 Å². The van der Waals surface area contributed by atoms with E-state index < -0.39 is 0 Å². The maximum Gasteiger partial charge on any atom is 0.315 e. The van der Waals surface area contributed by atoms with Crippen LogP contribution in [0.5, 0.6) is 0 Å². The molecule has 4 nitrogen and oxygen atoms in total. The van der Waals surface area contributed by atoms with E-state index in [1.807, 2.05) is 18.2 Å². The van der Waals surface area contributed by atoms with E-state index in [0.29, 0.717) is 12.0 Å². The van der Waals surface area contributed by atoms with Gasteiger partial charge in [0.25, 0.3) is 0 Å². The fourth-order valence-electron chi connectivity index (χ4n) is 4.38. The van der Waals surface area contributed by atoms with Crippen LogP contribution in [0, 0.1) is 11.3 Å². The lowest BCUT2D eigenvalue weighted by molar-refractivity contribution is -0.108. The Morgan fingerprint density at radius 3 is 2.64 bits per heavy atom. The zero-order chi connectivity index (χ0) is 15.4. The Morgan fingerprint density at radius 2 is 1.95 bits per heavy atom. The molecule has 0 bridgehead atoms. The number of hydrogen-bond acceptors (Lipinski definition) is 2. The fraction of sp³-hybridized carbons (Fsp3) is 0.611. The highest BCUT2D eigenvalue weighted by atomic mass is 16.5. The summed E-state index contributed by atoms with van der Waals surface area (Å²) in [6, 6.07) is 10.4. The lowest BCUT2D eigenvalue weighted by Gasteiger charge is -2.54. The van der Waals surface area contributed by atoms with E-state index in [-0.39, 0.29) is 23.0 Å². The van der Waals surface area contributed by atoms with E-state index in [1.165, 1.54) is 5.56 Å². The highest BCUT2D eigenvalue weighted by Gasteiger charge is 2.60. The largest absolute Gasteiger partial charge is 0.377 e. The van der Waals surface area contributed by atoms with Crippen molar-refractivity contribution in [2.24, 2.45) is 11.3 Å². The first kappa shape index (κ1) is 14.1. The van der Waals surface area contributed by atoms with Crippen molar-refractivity contribution in [2.75, 3.05) is 6.61 Å². The van der Waals surface area contributed by atoms with E-state index in [9.17, 15) is 4.79 Å². The molecule has 22 heavy (non-hydrogen) atoms. The van der Waals surface area contributed by atoms with Crippen molar-refractivity contribution in [1.29, 1.82) is 0 Å². The van der Waals surface area contributed by atoms with Crippen LogP contribution in [-0.4, -0.2) is 24.8 Å². The normalized spacial score (nSPS) is 33.5. The lowest BCUT2D eigenvalue weighted by Crippen LogP contribution is -2.68. The van der Waals surface area contributed by atoms with E-state index >= 15 is 0 Å². The van der Waals surface area contributed by atoms with Crippen LogP contribution in [-0.2, 0) is 10.3 Å². The van der Waals surface area contributed by atoms with Gasteiger partial charge in [-0.1, -0.05) is 44.2 Å². The summed E-state index contributed by atoms with van der Waals surface area (Å²) in [5.74, 6) is 0.479. The maximum atomic E-state index is 12.5. The molecule has 1 aliphatic heterocycles. The second kappa shape index (κ2) is 4.72. The molecule has 2 aliphatic carbocycles. The van der Waals surface area contributed by atoms with Gasteiger partial charge in [-0.25, -0.2) is 4.79 Å². The van der Waals surface area contributed by atoms with E-state index in [1.54, 1.807) is 0 Å². The number of nitrogens with one attached hydrogen (secondary N) is 2. The third-order valence-corrected chi connectivity index (χ3v) is 5.82. The summed E-state index contributed by atoms with van der Waals surface area (Å²) in [5, 5.41) is 6.42. The zero-order valence-corrected chi connectivity index (χ0v) is 13.3. The van der Waals surface area contributed by atoms with Gasteiger partial charge < -0.3 is 15.4 Å².